The Morgan fingerprint density at radius 1 is 1.14 bits per heavy atom. The largest absolute Gasteiger partial charge is 0.479 e. The number of aromatic nitrogens is 2. The van der Waals surface area contributed by atoms with Gasteiger partial charge in [0.05, 0.1) is 11.3 Å². The number of ether oxygens (including phenoxy) is 1. The van der Waals surface area contributed by atoms with Crippen LogP contribution in [0.4, 0.5) is 18.9 Å². The van der Waals surface area contributed by atoms with Crippen LogP contribution in [0.15, 0.2) is 53.1 Å². The van der Waals surface area contributed by atoms with E-state index in [2.05, 4.69) is 10.1 Å². The molecule has 1 amide bonds. The highest BCUT2D eigenvalue weighted by Gasteiger charge is 2.33. The van der Waals surface area contributed by atoms with E-state index in [1.165, 1.54) is 17.0 Å². The number of carbonyl (C=O) groups excluding carboxylic acids is 1. The van der Waals surface area contributed by atoms with Gasteiger partial charge in [-0.1, -0.05) is 29.4 Å². The summed E-state index contributed by atoms with van der Waals surface area (Å²) in [5.41, 5.74) is -0.0706. The lowest BCUT2D eigenvalue weighted by atomic mass is 10.1. The van der Waals surface area contributed by atoms with Crippen molar-refractivity contribution < 1.29 is 27.2 Å². The van der Waals surface area contributed by atoms with Gasteiger partial charge in [-0.3, -0.25) is 9.69 Å². The second-order valence-corrected chi connectivity index (χ2v) is 6.24. The van der Waals surface area contributed by atoms with Crippen LogP contribution in [0.25, 0.3) is 11.4 Å². The van der Waals surface area contributed by atoms with Crippen molar-refractivity contribution in [3.8, 4) is 17.1 Å². The maximum atomic E-state index is 12.9. The van der Waals surface area contributed by atoms with Gasteiger partial charge < -0.3 is 9.26 Å². The molecule has 0 N–H and O–H groups in total. The van der Waals surface area contributed by atoms with E-state index < -0.39 is 17.8 Å². The summed E-state index contributed by atoms with van der Waals surface area (Å²) in [5.74, 6) is 0.387. The minimum absolute atomic E-state index is 0.0168. The topological polar surface area (TPSA) is 68.5 Å². The second-order valence-electron chi connectivity index (χ2n) is 6.24. The molecular weight excluding hydrogens is 375 g/mol. The smallest absolute Gasteiger partial charge is 0.416 e. The molecule has 0 saturated carbocycles. The van der Waals surface area contributed by atoms with Crippen LogP contribution in [-0.4, -0.2) is 22.2 Å². The first kappa shape index (κ1) is 18.0. The van der Waals surface area contributed by atoms with Crippen LogP contribution in [-0.2, 0) is 17.5 Å². The summed E-state index contributed by atoms with van der Waals surface area (Å²) in [7, 11) is 0. The van der Waals surface area contributed by atoms with Crippen LogP contribution in [0.2, 0.25) is 0 Å². The number of carbonyl (C=O) groups is 1. The van der Waals surface area contributed by atoms with Crippen molar-refractivity contribution >= 4 is 11.6 Å². The van der Waals surface area contributed by atoms with E-state index in [4.69, 9.17) is 9.26 Å². The predicted molar refractivity (Wildman–Crippen MR) is 92.5 cm³/mol. The minimum atomic E-state index is -4.47. The first-order chi connectivity index (χ1) is 13.3. The molecule has 1 aliphatic heterocycles. The summed E-state index contributed by atoms with van der Waals surface area (Å²) in [5, 5.41) is 3.75. The number of para-hydroxylation sites is 2. The molecule has 0 bridgehead atoms. The van der Waals surface area contributed by atoms with Gasteiger partial charge in [0, 0.05) is 5.56 Å². The highest BCUT2D eigenvalue weighted by atomic mass is 19.4. The van der Waals surface area contributed by atoms with Gasteiger partial charge in [-0.15, -0.1) is 0 Å². The van der Waals surface area contributed by atoms with Crippen LogP contribution >= 0.6 is 0 Å². The van der Waals surface area contributed by atoms with Gasteiger partial charge in [-0.05, 0) is 31.2 Å². The Morgan fingerprint density at radius 2 is 1.93 bits per heavy atom. The summed E-state index contributed by atoms with van der Waals surface area (Å²) in [6, 6.07) is 11.7. The molecule has 0 spiro atoms. The van der Waals surface area contributed by atoms with Crippen molar-refractivity contribution in [2.45, 2.75) is 25.7 Å². The minimum Gasteiger partial charge on any atom is -0.479 e. The maximum absolute atomic E-state index is 12.9. The number of benzene rings is 2. The Bertz CT molecular complexity index is 1030. The average molecular weight is 389 g/mol. The Hall–Kier alpha value is -3.36. The summed E-state index contributed by atoms with van der Waals surface area (Å²) < 4.78 is 49.4. The number of hydrogen-bond donors (Lipinski definition) is 0. The van der Waals surface area contributed by atoms with Crippen molar-refractivity contribution in [3.63, 3.8) is 0 Å². The van der Waals surface area contributed by atoms with Crippen LogP contribution in [0, 0.1) is 0 Å². The first-order valence-electron chi connectivity index (χ1n) is 8.40. The number of halogens is 3. The monoisotopic (exact) mass is 389 g/mol. The molecule has 0 unspecified atom stereocenters. The molecular formula is C19H14F3N3O3. The fourth-order valence-electron chi connectivity index (χ4n) is 2.93. The predicted octanol–water partition coefficient (Wildman–Crippen LogP) is 4.07. The first-order valence-corrected chi connectivity index (χ1v) is 8.40. The van der Waals surface area contributed by atoms with Gasteiger partial charge >= 0.3 is 6.18 Å². The lowest BCUT2D eigenvalue weighted by Gasteiger charge is -2.31. The van der Waals surface area contributed by atoms with Crippen molar-refractivity contribution in [2.75, 3.05) is 4.90 Å². The Kier molecular flexibility index (Phi) is 4.29. The molecule has 1 aliphatic rings. The molecule has 0 fully saturated rings. The van der Waals surface area contributed by atoms with E-state index in [1.807, 2.05) is 0 Å². The van der Waals surface area contributed by atoms with E-state index in [9.17, 15) is 18.0 Å². The number of alkyl halides is 3. The summed E-state index contributed by atoms with van der Waals surface area (Å²) in [4.78, 5) is 18.1. The molecule has 1 aromatic heterocycles. The second kappa shape index (κ2) is 6.66. The van der Waals surface area contributed by atoms with Gasteiger partial charge in [0.25, 0.3) is 5.91 Å². The molecule has 9 heteroatoms. The zero-order valence-corrected chi connectivity index (χ0v) is 14.6. The van der Waals surface area contributed by atoms with Crippen molar-refractivity contribution in [3.05, 3.63) is 60.0 Å². The van der Waals surface area contributed by atoms with E-state index in [0.717, 1.165) is 12.1 Å². The van der Waals surface area contributed by atoms with Gasteiger partial charge in [0.1, 0.15) is 12.3 Å². The number of hydrogen-bond acceptors (Lipinski definition) is 5. The van der Waals surface area contributed by atoms with Crippen LogP contribution in [0.5, 0.6) is 5.75 Å². The molecule has 2 heterocycles. The van der Waals surface area contributed by atoms with Gasteiger partial charge in [-0.2, -0.15) is 18.2 Å². The highest BCUT2D eigenvalue weighted by molar-refractivity contribution is 5.99. The molecule has 2 aromatic carbocycles. The quantitative estimate of drug-likeness (QED) is 0.676. The van der Waals surface area contributed by atoms with E-state index >= 15 is 0 Å². The van der Waals surface area contributed by atoms with Gasteiger partial charge in [-0.25, -0.2) is 0 Å². The molecule has 6 nitrogen and oxygen atoms in total. The number of rotatable bonds is 3. The highest BCUT2D eigenvalue weighted by Crippen LogP contribution is 2.35. The van der Waals surface area contributed by atoms with Crippen LogP contribution < -0.4 is 9.64 Å². The standard InChI is InChI=1S/C19H14F3N3O3/c1-11-18(26)25(14-7-2-3-8-15(14)27-11)10-16-23-17(24-28-16)12-5-4-6-13(9-12)19(20,21)22/h2-9,11H,10H2,1H3/t11-/m1/s1. The zero-order chi connectivity index (χ0) is 19.9. The normalized spacial score (nSPS) is 16.6. The van der Waals surface area contributed by atoms with Crippen LogP contribution in [0.3, 0.4) is 0 Å². The molecule has 4 rings (SSSR count). The number of nitrogens with zero attached hydrogens (tertiary/aromatic N) is 3. The maximum Gasteiger partial charge on any atom is 0.416 e. The van der Waals surface area contributed by atoms with E-state index in [1.54, 1.807) is 31.2 Å². The van der Waals surface area contributed by atoms with Crippen molar-refractivity contribution in [1.82, 2.24) is 10.1 Å². The molecule has 0 saturated heterocycles. The third-order valence-electron chi connectivity index (χ3n) is 4.28. The lowest BCUT2D eigenvalue weighted by molar-refractivity contribution is -0.137. The molecule has 3 aromatic rings. The fraction of sp³-hybridized carbons (Fsp3) is 0.211. The summed E-state index contributed by atoms with van der Waals surface area (Å²) in [6.45, 7) is 1.61. The van der Waals surface area contributed by atoms with E-state index in [0.29, 0.717) is 11.4 Å². The molecule has 144 valence electrons. The number of amides is 1. The summed E-state index contributed by atoms with van der Waals surface area (Å²) >= 11 is 0. The number of fused-ring (bicyclic) bond motifs is 1. The van der Waals surface area contributed by atoms with E-state index in [-0.39, 0.29) is 29.7 Å². The third-order valence-corrected chi connectivity index (χ3v) is 4.28. The van der Waals surface area contributed by atoms with Crippen LogP contribution in [0.1, 0.15) is 18.4 Å². The summed E-state index contributed by atoms with van der Waals surface area (Å²) in [6.07, 6.45) is -5.15. The third kappa shape index (κ3) is 3.30. The fourth-order valence-corrected chi connectivity index (χ4v) is 2.93. The van der Waals surface area contributed by atoms with Gasteiger partial charge in [0.2, 0.25) is 11.7 Å². The lowest BCUT2D eigenvalue weighted by Crippen LogP contribution is -2.44. The molecule has 0 aliphatic carbocycles. The molecule has 1 atom stereocenters. The van der Waals surface area contributed by atoms with Crippen molar-refractivity contribution in [1.29, 1.82) is 0 Å². The molecule has 28 heavy (non-hydrogen) atoms. The van der Waals surface area contributed by atoms with Gasteiger partial charge in [0.15, 0.2) is 6.10 Å². The average Bonchev–Trinajstić information content (AvgIpc) is 3.13. The number of anilines is 1. The Balaban J connectivity index is 1.62. The zero-order valence-electron chi connectivity index (χ0n) is 14.6. The Labute approximate surface area is 157 Å². The molecule has 0 radical (unpaired) electrons. The Morgan fingerprint density at radius 3 is 2.71 bits per heavy atom. The van der Waals surface area contributed by atoms with Crippen molar-refractivity contribution in [2.24, 2.45) is 0 Å². The SMILES string of the molecule is C[C@H]1Oc2ccccc2N(Cc2nc(-c3cccc(C(F)(F)F)c3)no2)C1=O.